The fraction of sp³-hybridized carbons (Fsp3) is 0.250. The zero-order valence-electron chi connectivity index (χ0n) is 10.7. The van der Waals surface area contributed by atoms with Crippen LogP contribution in [0.15, 0.2) is 59.1 Å². The molecule has 100 valence electrons. The third-order valence-electron chi connectivity index (χ3n) is 3.06. The Kier molecular flexibility index (Phi) is 5.43. The molecule has 2 nitrogen and oxygen atoms in total. The standard InChI is InChI=1S/C16H18BrNO/c17-14-7-10-15(11-8-14)18-16(12-19)9-6-13-4-2-1-3-5-13/h1-5,7-8,10-11,16,18-19H,6,9,12H2. The molecule has 2 aromatic rings. The molecule has 0 saturated heterocycles. The van der Waals surface area contributed by atoms with Crippen LogP contribution in [0.1, 0.15) is 12.0 Å². The van der Waals surface area contributed by atoms with Gasteiger partial charge in [0.25, 0.3) is 0 Å². The van der Waals surface area contributed by atoms with Crippen molar-refractivity contribution in [2.75, 3.05) is 11.9 Å². The topological polar surface area (TPSA) is 32.3 Å². The van der Waals surface area contributed by atoms with E-state index in [9.17, 15) is 5.11 Å². The number of rotatable bonds is 6. The van der Waals surface area contributed by atoms with Gasteiger partial charge in [-0.1, -0.05) is 46.3 Å². The Morgan fingerprint density at radius 3 is 2.32 bits per heavy atom. The number of nitrogens with one attached hydrogen (secondary N) is 1. The molecular weight excluding hydrogens is 302 g/mol. The molecule has 0 bridgehead atoms. The Morgan fingerprint density at radius 1 is 1.00 bits per heavy atom. The smallest absolute Gasteiger partial charge is 0.0632 e. The molecule has 19 heavy (non-hydrogen) atoms. The molecule has 0 aliphatic carbocycles. The van der Waals surface area contributed by atoms with Gasteiger partial charge in [0.05, 0.1) is 6.61 Å². The summed E-state index contributed by atoms with van der Waals surface area (Å²) in [5.41, 5.74) is 2.34. The summed E-state index contributed by atoms with van der Waals surface area (Å²) in [7, 11) is 0. The summed E-state index contributed by atoms with van der Waals surface area (Å²) in [5, 5.41) is 12.8. The minimum Gasteiger partial charge on any atom is -0.394 e. The van der Waals surface area contributed by atoms with Crippen LogP contribution in [-0.2, 0) is 6.42 Å². The second-order valence-corrected chi connectivity index (χ2v) is 5.47. The predicted molar refractivity (Wildman–Crippen MR) is 83.4 cm³/mol. The van der Waals surface area contributed by atoms with Crippen LogP contribution in [0.3, 0.4) is 0 Å². The van der Waals surface area contributed by atoms with Crippen molar-refractivity contribution in [2.45, 2.75) is 18.9 Å². The number of hydrogen-bond acceptors (Lipinski definition) is 2. The molecule has 3 heteroatoms. The summed E-state index contributed by atoms with van der Waals surface area (Å²) < 4.78 is 1.06. The van der Waals surface area contributed by atoms with E-state index < -0.39 is 0 Å². The maximum absolute atomic E-state index is 9.45. The Morgan fingerprint density at radius 2 is 1.68 bits per heavy atom. The molecule has 0 aliphatic rings. The normalized spacial score (nSPS) is 12.1. The summed E-state index contributed by atoms with van der Waals surface area (Å²) in [4.78, 5) is 0. The number of hydrogen-bond donors (Lipinski definition) is 2. The molecule has 0 amide bonds. The van der Waals surface area contributed by atoms with E-state index >= 15 is 0 Å². The first-order chi connectivity index (χ1) is 9.28. The predicted octanol–water partition coefficient (Wildman–Crippen LogP) is 3.85. The molecular formula is C16H18BrNO. The van der Waals surface area contributed by atoms with Gasteiger partial charge in [0.1, 0.15) is 0 Å². The molecule has 0 saturated carbocycles. The Labute approximate surface area is 122 Å². The second-order valence-electron chi connectivity index (χ2n) is 4.56. The number of halogens is 1. The van der Waals surface area contributed by atoms with Crippen molar-refractivity contribution >= 4 is 21.6 Å². The molecule has 2 rings (SSSR count). The minimum absolute atomic E-state index is 0.0846. The van der Waals surface area contributed by atoms with Gasteiger partial charge in [-0.15, -0.1) is 0 Å². The minimum atomic E-state index is 0.0846. The second kappa shape index (κ2) is 7.31. The monoisotopic (exact) mass is 319 g/mol. The Hall–Kier alpha value is -1.32. The van der Waals surface area contributed by atoms with Gasteiger partial charge >= 0.3 is 0 Å². The first-order valence-corrected chi connectivity index (χ1v) is 7.24. The number of aliphatic hydroxyl groups excluding tert-OH is 1. The molecule has 0 spiro atoms. The summed E-state index contributed by atoms with van der Waals surface area (Å²) in [5.74, 6) is 0. The van der Waals surface area contributed by atoms with E-state index in [0.29, 0.717) is 0 Å². The average molecular weight is 320 g/mol. The van der Waals surface area contributed by atoms with Gasteiger partial charge in [0, 0.05) is 16.2 Å². The van der Waals surface area contributed by atoms with Crippen LogP contribution in [0, 0.1) is 0 Å². The van der Waals surface area contributed by atoms with Crippen molar-refractivity contribution in [1.82, 2.24) is 0 Å². The summed E-state index contributed by atoms with van der Waals surface area (Å²) in [6.07, 6.45) is 1.88. The highest BCUT2D eigenvalue weighted by atomic mass is 79.9. The van der Waals surface area contributed by atoms with E-state index in [2.05, 4.69) is 33.4 Å². The maximum Gasteiger partial charge on any atom is 0.0632 e. The lowest BCUT2D eigenvalue weighted by atomic mass is 10.1. The molecule has 0 aromatic heterocycles. The SMILES string of the molecule is OCC(CCc1ccccc1)Nc1ccc(Br)cc1. The van der Waals surface area contributed by atoms with Crippen LogP contribution in [0.2, 0.25) is 0 Å². The van der Waals surface area contributed by atoms with Gasteiger partial charge < -0.3 is 10.4 Å². The van der Waals surface area contributed by atoms with Crippen molar-refractivity contribution in [3.05, 3.63) is 64.6 Å². The summed E-state index contributed by atoms with van der Waals surface area (Å²) in [6, 6.07) is 18.4. The van der Waals surface area contributed by atoms with Gasteiger partial charge in [0.15, 0.2) is 0 Å². The molecule has 1 atom stereocenters. The molecule has 2 N–H and O–H groups in total. The lowest BCUT2D eigenvalue weighted by Gasteiger charge is -2.17. The van der Waals surface area contributed by atoms with E-state index in [1.165, 1.54) is 5.56 Å². The van der Waals surface area contributed by atoms with Gasteiger partial charge in [-0.25, -0.2) is 0 Å². The van der Waals surface area contributed by atoms with E-state index in [-0.39, 0.29) is 12.6 Å². The van der Waals surface area contributed by atoms with Crippen LogP contribution in [-0.4, -0.2) is 17.8 Å². The molecule has 1 unspecified atom stereocenters. The molecule has 0 radical (unpaired) electrons. The van der Waals surface area contributed by atoms with Crippen molar-refractivity contribution in [2.24, 2.45) is 0 Å². The lowest BCUT2D eigenvalue weighted by molar-refractivity contribution is 0.269. The van der Waals surface area contributed by atoms with Crippen molar-refractivity contribution < 1.29 is 5.11 Å². The fourth-order valence-electron chi connectivity index (χ4n) is 1.98. The zero-order chi connectivity index (χ0) is 13.5. The number of benzene rings is 2. The summed E-state index contributed by atoms with van der Waals surface area (Å²) >= 11 is 3.41. The van der Waals surface area contributed by atoms with Crippen LogP contribution in [0.25, 0.3) is 0 Å². The lowest BCUT2D eigenvalue weighted by Crippen LogP contribution is -2.24. The molecule has 0 heterocycles. The number of anilines is 1. The van der Waals surface area contributed by atoms with Gasteiger partial charge in [-0.05, 0) is 42.7 Å². The van der Waals surface area contributed by atoms with Crippen LogP contribution in [0.5, 0.6) is 0 Å². The molecule has 2 aromatic carbocycles. The highest BCUT2D eigenvalue weighted by Gasteiger charge is 2.07. The zero-order valence-corrected chi connectivity index (χ0v) is 12.3. The van der Waals surface area contributed by atoms with Crippen molar-refractivity contribution in [1.29, 1.82) is 0 Å². The molecule has 0 fully saturated rings. The number of aliphatic hydroxyl groups is 1. The Bertz CT molecular complexity index is 484. The number of aryl methyl sites for hydroxylation is 1. The molecule has 0 aliphatic heterocycles. The third-order valence-corrected chi connectivity index (χ3v) is 3.59. The largest absolute Gasteiger partial charge is 0.394 e. The van der Waals surface area contributed by atoms with E-state index in [4.69, 9.17) is 0 Å². The van der Waals surface area contributed by atoms with Crippen LogP contribution >= 0.6 is 15.9 Å². The van der Waals surface area contributed by atoms with Crippen molar-refractivity contribution in [3.8, 4) is 0 Å². The quantitative estimate of drug-likeness (QED) is 0.847. The van der Waals surface area contributed by atoms with E-state index in [0.717, 1.165) is 23.0 Å². The Balaban J connectivity index is 1.88. The first-order valence-electron chi connectivity index (χ1n) is 6.45. The van der Waals surface area contributed by atoms with Crippen LogP contribution in [0.4, 0.5) is 5.69 Å². The summed E-state index contributed by atoms with van der Waals surface area (Å²) in [6.45, 7) is 0.142. The highest BCUT2D eigenvalue weighted by Crippen LogP contribution is 2.16. The maximum atomic E-state index is 9.45. The fourth-order valence-corrected chi connectivity index (χ4v) is 2.24. The third kappa shape index (κ3) is 4.69. The van der Waals surface area contributed by atoms with E-state index in [1.807, 2.05) is 42.5 Å². The van der Waals surface area contributed by atoms with Crippen LogP contribution < -0.4 is 5.32 Å². The van der Waals surface area contributed by atoms with Gasteiger partial charge in [-0.2, -0.15) is 0 Å². The average Bonchev–Trinajstić information content (AvgIpc) is 2.46. The van der Waals surface area contributed by atoms with Gasteiger partial charge in [-0.3, -0.25) is 0 Å². The van der Waals surface area contributed by atoms with Gasteiger partial charge in [0.2, 0.25) is 0 Å². The van der Waals surface area contributed by atoms with E-state index in [1.54, 1.807) is 0 Å². The van der Waals surface area contributed by atoms with Crippen molar-refractivity contribution in [3.63, 3.8) is 0 Å². The highest BCUT2D eigenvalue weighted by molar-refractivity contribution is 9.10. The first kappa shape index (κ1) is 14.1.